The number of rotatable bonds is 4. The average molecular weight is 717 g/mol. The van der Waals surface area contributed by atoms with Crippen LogP contribution in [-0.2, 0) is 61.9 Å². The molecule has 51 heavy (non-hydrogen) atoms. The van der Waals surface area contributed by atoms with Crippen LogP contribution in [0.5, 0.6) is 0 Å². The second kappa shape index (κ2) is 10.1. The van der Waals surface area contributed by atoms with Gasteiger partial charge in [-0.25, -0.2) is 4.79 Å². The summed E-state index contributed by atoms with van der Waals surface area (Å²) in [4.78, 5) is 80.4. The number of esters is 5. The topological polar surface area (TPSA) is 214 Å². The van der Waals surface area contributed by atoms with E-state index in [1.165, 1.54) is 34.6 Å². The summed E-state index contributed by atoms with van der Waals surface area (Å²) in [5.74, 6) is -12.3. The van der Waals surface area contributed by atoms with Crippen molar-refractivity contribution in [2.24, 2.45) is 51.8 Å². The largest absolute Gasteiger partial charge is 0.504 e. The summed E-state index contributed by atoms with van der Waals surface area (Å²) in [6.45, 7) is 13.1. The quantitative estimate of drug-likeness (QED) is 0.239. The summed E-state index contributed by atoms with van der Waals surface area (Å²) in [5, 5.41) is 23.9. The lowest BCUT2D eigenvalue weighted by atomic mass is 9.43. The van der Waals surface area contributed by atoms with Gasteiger partial charge in [0, 0.05) is 68.6 Å². The molecule has 0 bridgehead atoms. The SMILES string of the molecule is CC(=O)O[C@H]1[C@@H]2[C@H]([C@H](C)[C@@H]3O[C@@]34OC(=O)[C@@](C)(O)[C@]24C)[C@]2(C)[C@@H]1C1C(=O)C(O)=C3C[C@@H]4O[C@@H]4[C@H](OC(C)=O)[C@]3(C)[C@H]1[C@H](OC(C)=O)[C@@H]2OC(C)=O. The van der Waals surface area contributed by atoms with Crippen LogP contribution in [0, 0.1) is 51.8 Å². The van der Waals surface area contributed by atoms with Crippen molar-refractivity contribution >= 4 is 35.6 Å². The van der Waals surface area contributed by atoms with Crippen molar-refractivity contribution in [1.82, 2.24) is 0 Å². The maximum atomic E-state index is 14.9. The van der Waals surface area contributed by atoms with E-state index >= 15 is 0 Å². The maximum Gasteiger partial charge on any atom is 0.341 e. The molecule has 0 radical (unpaired) electrons. The van der Waals surface area contributed by atoms with Gasteiger partial charge in [-0.1, -0.05) is 20.8 Å². The lowest BCUT2D eigenvalue weighted by Gasteiger charge is -2.62. The molecular weight excluding hydrogens is 672 g/mol. The Hall–Kier alpha value is -3.56. The molecule has 0 aromatic heterocycles. The van der Waals surface area contributed by atoms with Gasteiger partial charge in [0.05, 0.1) is 11.5 Å². The van der Waals surface area contributed by atoms with Crippen molar-refractivity contribution < 1.29 is 72.1 Å². The first-order chi connectivity index (χ1) is 23.6. The average Bonchev–Trinajstić information content (AvgIpc) is 3.92. The number of aliphatic hydroxyl groups is 2. The first kappa shape index (κ1) is 34.5. The second-order valence-corrected chi connectivity index (χ2v) is 16.7. The molecule has 8 rings (SSSR count). The molecular formula is C36H44O15. The fourth-order valence-electron chi connectivity index (χ4n) is 12.7. The minimum absolute atomic E-state index is 0.129. The molecule has 7 fully saturated rings. The predicted octanol–water partition coefficient (Wildman–Crippen LogP) is 1.46. The van der Waals surface area contributed by atoms with Crippen LogP contribution in [0.3, 0.4) is 0 Å². The van der Waals surface area contributed by atoms with E-state index in [4.69, 9.17) is 33.2 Å². The zero-order valence-electron chi connectivity index (χ0n) is 29.9. The highest BCUT2D eigenvalue weighted by atomic mass is 16.8. The van der Waals surface area contributed by atoms with Gasteiger partial charge >= 0.3 is 29.8 Å². The molecule has 0 aromatic carbocycles. The van der Waals surface area contributed by atoms with Gasteiger partial charge in [0.1, 0.15) is 36.6 Å². The highest BCUT2D eigenvalue weighted by Gasteiger charge is 2.93. The number of carbonyl (C=O) groups excluding carboxylic acids is 6. The number of hydrogen-bond acceptors (Lipinski definition) is 15. The maximum absolute atomic E-state index is 14.9. The fraction of sp³-hybridized carbons (Fsp3) is 0.778. The van der Waals surface area contributed by atoms with E-state index in [-0.39, 0.29) is 12.0 Å². The molecule has 18 atom stereocenters. The molecule has 2 N–H and O–H groups in total. The molecule has 0 amide bonds. The number of carbonyl (C=O) groups is 6. The number of aliphatic hydroxyl groups excluding tert-OH is 1. The summed E-state index contributed by atoms with van der Waals surface area (Å²) in [6.07, 6.45) is -6.60. The molecule has 1 spiro atoms. The van der Waals surface area contributed by atoms with Crippen LogP contribution in [0.25, 0.3) is 0 Å². The van der Waals surface area contributed by atoms with E-state index in [0.717, 1.165) is 0 Å². The molecule has 15 heteroatoms. The number of allylic oxidation sites excluding steroid dienone is 1. The van der Waals surface area contributed by atoms with Crippen LogP contribution in [0.1, 0.15) is 68.7 Å². The first-order valence-electron chi connectivity index (χ1n) is 17.6. The molecule has 5 aliphatic carbocycles. The monoisotopic (exact) mass is 716 g/mol. The molecule has 0 aromatic rings. The molecule has 15 nitrogen and oxygen atoms in total. The van der Waals surface area contributed by atoms with Crippen molar-refractivity contribution in [3.05, 3.63) is 11.3 Å². The Labute approximate surface area is 293 Å². The van der Waals surface area contributed by atoms with Gasteiger partial charge in [-0.2, -0.15) is 0 Å². The first-order valence-corrected chi connectivity index (χ1v) is 17.6. The lowest BCUT2D eigenvalue weighted by Crippen LogP contribution is -2.71. The summed E-state index contributed by atoms with van der Waals surface area (Å²) < 4.78 is 42.6. The number of hydrogen-bond donors (Lipinski definition) is 2. The zero-order valence-corrected chi connectivity index (χ0v) is 29.9. The zero-order chi connectivity index (χ0) is 37.3. The number of ether oxygens (including phenoxy) is 7. The number of Topliss-reactive ketones (excluding diaryl/α,β-unsaturated/α-hetero) is 1. The Balaban J connectivity index is 1.43. The predicted molar refractivity (Wildman–Crippen MR) is 165 cm³/mol. The van der Waals surface area contributed by atoms with Crippen LogP contribution in [0.15, 0.2) is 11.3 Å². The third-order valence-corrected chi connectivity index (χ3v) is 14.5. The van der Waals surface area contributed by atoms with Crippen molar-refractivity contribution in [1.29, 1.82) is 0 Å². The van der Waals surface area contributed by atoms with Gasteiger partial charge in [-0.05, 0) is 31.3 Å². The Morgan fingerprint density at radius 1 is 0.784 bits per heavy atom. The highest BCUT2D eigenvalue weighted by Crippen LogP contribution is 2.81. The van der Waals surface area contributed by atoms with Gasteiger partial charge in [0.2, 0.25) is 11.6 Å². The van der Waals surface area contributed by atoms with Crippen LogP contribution in [0.2, 0.25) is 0 Å². The second-order valence-electron chi connectivity index (χ2n) is 16.7. The van der Waals surface area contributed by atoms with Gasteiger partial charge in [-0.3, -0.25) is 24.0 Å². The summed E-state index contributed by atoms with van der Waals surface area (Å²) in [7, 11) is 0. The summed E-state index contributed by atoms with van der Waals surface area (Å²) in [5.41, 5.74) is -6.29. The molecule has 3 saturated heterocycles. The van der Waals surface area contributed by atoms with Crippen molar-refractivity contribution in [2.75, 3.05) is 0 Å². The van der Waals surface area contributed by atoms with Gasteiger partial charge in [0.25, 0.3) is 0 Å². The van der Waals surface area contributed by atoms with E-state index in [1.807, 2.05) is 6.92 Å². The third kappa shape index (κ3) is 3.85. The normalized spacial score (nSPS) is 53.8. The summed E-state index contributed by atoms with van der Waals surface area (Å²) >= 11 is 0. The van der Waals surface area contributed by atoms with E-state index in [2.05, 4.69) is 0 Å². The Bertz CT molecular complexity index is 1730. The van der Waals surface area contributed by atoms with Crippen LogP contribution < -0.4 is 0 Å². The Morgan fingerprint density at radius 3 is 1.94 bits per heavy atom. The van der Waals surface area contributed by atoms with Gasteiger partial charge < -0.3 is 43.4 Å². The number of ketones is 1. The number of epoxide rings is 2. The Morgan fingerprint density at radius 2 is 1.35 bits per heavy atom. The van der Waals surface area contributed by atoms with Gasteiger partial charge in [0.15, 0.2) is 11.4 Å². The van der Waals surface area contributed by atoms with E-state index < -0.39 is 147 Å². The van der Waals surface area contributed by atoms with Crippen molar-refractivity contribution in [3.8, 4) is 0 Å². The standard InChI is InChI=1S/C36H44O15/c1-11-19-22(34(8)35(9,44)31(43)51-36(34)28(11)50-36)26(45-12(2)37)20-18-21(27(46-13(3)38)30(33(19,20)7)48-15(5)40)32(6)16(23(41)24(18)42)10-17-25(49-17)29(32)47-14(4)39/h11,17-22,25-30,41,44H,10H2,1-9H3/t11-,17-,18?,19-,20+,21+,22-,25-,26+,27-,28-,29-,30-,32-,33+,34-,35+,36+/m0/s1. The number of fused-ring (bicyclic) bond motifs is 9. The van der Waals surface area contributed by atoms with Crippen LogP contribution in [-0.4, -0.2) is 100.0 Å². The van der Waals surface area contributed by atoms with Crippen molar-refractivity contribution in [2.45, 2.75) is 123 Å². The molecule has 1 unspecified atom stereocenters. The van der Waals surface area contributed by atoms with E-state index in [9.17, 15) is 39.0 Å². The molecule has 8 aliphatic rings. The Kier molecular flexibility index (Phi) is 6.84. The molecule has 4 saturated carbocycles. The summed E-state index contributed by atoms with van der Waals surface area (Å²) in [6, 6.07) is 0. The van der Waals surface area contributed by atoms with Crippen LogP contribution >= 0.6 is 0 Å². The lowest BCUT2D eigenvalue weighted by molar-refractivity contribution is -0.243. The third-order valence-electron chi connectivity index (χ3n) is 14.5. The van der Waals surface area contributed by atoms with Gasteiger partial charge in [-0.15, -0.1) is 0 Å². The van der Waals surface area contributed by atoms with E-state index in [0.29, 0.717) is 0 Å². The minimum atomic E-state index is -2.17. The van der Waals surface area contributed by atoms with Crippen molar-refractivity contribution in [3.63, 3.8) is 0 Å². The molecule has 3 heterocycles. The fourth-order valence-corrected chi connectivity index (χ4v) is 12.7. The van der Waals surface area contributed by atoms with E-state index in [1.54, 1.807) is 20.8 Å². The molecule has 3 aliphatic heterocycles. The smallest absolute Gasteiger partial charge is 0.341 e. The molecule has 278 valence electrons. The highest BCUT2D eigenvalue weighted by molar-refractivity contribution is 5.98. The minimum Gasteiger partial charge on any atom is -0.504 e. The van der Waals surface area contributed by atoms with Crippen LogP contribution in [0.4, 0.5) is 0 Å².